The fourth-order valence-electron chi connectivity index (χ4n) is 4.51. The maximum Gasteiger partial charge on any atom is 0.416 e. The lowest BCUT2D eigenvalue weighted by molar-refractivity contribution is -0.259. The first-order valence-electron chi connectivity index (χ1n) is 13.2. The minimum absolute atomic E-state index is 0.0648. The molecule has 38 heavy (non-hydrogen) atoms. The zero-order valence-electron chi connectivity index (χ0n) is 23.9. The van der Waals surface area contributed by atoms with Crippen LogP contribution in [0.5, 0.6) is 0 Å². The van der Waals surface area contributed by atoms with Gasteiger partial charge in [0.05, 0.1) is 17.1 Å². The number of fused-ring (bicyclic) bond motifs is 2. The number of esters is 2. The maximum atomic E-state index is 12.8. The SMILES string of the molecule is CCC(C)(C)C(=O)OC1CC2CC1CC2CC(C)(O)C(F)(F)F.CCC(C)(C)C(=O)OCCNS(C)(=O)=O. The van der Waals surface area contributed by atoms with Gasteiger partial charge in [0.15, 0.2) is 5.60 Å². The molecule has 2 N–H and O–H groups in total. The van der Waals surface area contributed by atoms with E-state index < -0.39 is 32.6 Å². The van der Waals surface area contributed by atoms with Crippen LogP contribution in [0.3, 0.4) is 0 Å². The van der Waals surface area contributed by atoms with Gasteiger partial charge in [-0.25, -0.2) is 13.1 Å². The van der Waals surface area contributed by atoms with Gasteiger partial charge in [-0.15, -0.1) is 0 Å². The van der Waals surface area contributed by atoms with Crippen LogP contribution < -0.4 is 4.72 Å². The summed E-state index contributed by atoms with van der Waals surface area (Å²) in [6.45, 7) is 12.1. The molecule has 5 atom stereocenters. The number of carbonyl (C=O) groups excluding carboxylic acids is 2. The van der Waals surface area contributed by atoms with Crippen molar-refractivity contribution in [1.29, 1.82) is 0 Å². The summed E-state index contributed by atoms with van der Waals surface area (Å²) in [4.78, 5) is 23.6. The van der Waals surface area contributed by atoms with E-state index in [1.54, 1.807) is 13.8 Å². The number of halogens is 3. The van der Waals surface area contributed by atoms with Gasteiger partial charge in [0.2, 0.25) is 10.0 Å². The Bertz CT molecular complexity index is 916. The van der Waals surface area contributed by atoms with Gasteiger partial charge in [0.25, 0.3) is 0 Å². The lowest BCUT2D eigenvalue weighted by Crippen LogP contribution is -2.45. The molecule has 0 spiro atoms. The van der Waals surface area contributed by atoms with Crippen molar-refractivity contribution in [1.82, 2.24) is 4.72 Å². The number of aliphatic hydroxyl groups is 1. The van der Waals surface area contributed by atoms with E-state index in [4.69, 9.17) is 9.47 Å². The highest BCUT2D eigenvalue weighted by atomic mass is 32.2. The Hall–Kier alpha value is -1.40. The summed E-state index contributed by atoms with van der Waals surface area (Å²) < 4.78 is 72.6. The van der Waals surface area contributed by atoms with Gasteiger partial charge < -0.3 is 14.6 Å². The largest absolute Gasteiger partial charge is 0.464 e. The number of carbonyl (C=O) groups is 2. The van der Waals surface area contributed by atoms with Crippen LogP contribution in [0.2, 0.25) is 0 Å². The molecule has 2 saturated carbocycles. The van der Waals surface area contributed by atoms with Crippen molar-refractivity contribution in [3.63, 3.8) is 0 Å². The molecule has 2 rings (SSSR count). The molecule has 2 aliphatic rings. The molecule has 2 fully saturated rings. The van der Waals surface area contributed by atoms with Gasteiger partial charge in [0.1, 0.15) is 12.7 Å². The Labute approximate surface area is 225 Å². The molecule has 2 bridgehead atoms. The van der Waals surface area contributed by atoms with Crippen LogP contribution in [0, 0.1) is 28.6 Å². The molecule has 5 unspecified atom stereocenters. The van der Waals surface area contributed by atoms with Crippen molar-refractivity contribution in [3.05, 3.63) is 0 Å². The summed E-state index contributed by atoms with van der Waals surface area (Å²) in [5.74, 6) is -0.440. The van der Waals surface area contributed by atoms with Crippen LogP contribution in [0.25, 0.3) is 0 Å². The van der Waals surface area contributed by atoms with Crippen molar-refractivity contribution < 1.29 is 45.8 Å². The van der Waals surface area contributed by atoms with E-state index in [-0.39, 0.29) is 55.4 Å². The van der Waals surface area contributed by atoms with Gasteiger partial charge >= 0.3 is 18.1 Å². The van der Waals surface area contributed by atoms with Crippen molar-refractivity contribution in [3.8, 4) is 0 Å². The van der Waals surface area contributed by atoms with Crippen molar-refractivity contribution >= 4 is 22.0 Å². The first-order valence-corrected chi connectivity index (χ1v) is 15.1. The van der Waals surface area contributed by atoms with Crippen LogP contribution in [-0.2, 0) is 29.1 Å². The predicted octanol–water partition coefficient (Wildman–Crippen LogP) is 4.60. The zero-order chi connectivity index (χ0) is 29.7. The van der Waals surface area contributed by atoms with Crippen LogP contribution in [0.4, 0.5) is 13.2 Å². The molecule has 224 valence electrons. The number of rotatable bonds is 11. The number of hydrogen-bond acceptors (Lipinski definition) is 7. The molecule has 0 aromatic carbocycles. The minimum atomic E-state index is -4.61. The van der Waals surface area contributed by atoms with E-state index in [9.17, 15) is 36.3 Å². The molecule has 0 aliphatic heterocycles. The standard InChI is InChI=1S/C17H27F3O3.C9H19NO4S/c1-5-15(2,3)14(21)23-13-8-10-6-11(13)7-12(10)9-16(4,22)17(18,19)20;1-5-9(2,3)8(11)14-7-6-10-15(4,12)13/h10-13,22H,5-9H2,1-4H3;10H,5-7H2,1-4H3. The molecule has 0 aromatic heterocycles. The first-order chi connectivity index (χ1) is 17.1. The van der Waals surface area contributed by atoms with Crippen molar-refractivity contribution in [2.24, 2.45) is 28.6 Å². The van der Waals surface area contributed by atoms with E-state index in [0.717, 1.165) is 19.6 Å². The van der Waals surface area contributed by atoms with Gasteiger partial charge in [0, 0.05) is 6.54 Å². The van der Waals surface area contributed by atoms with E-state index in [1.807, 2.05) is 27.7 Å². The molecule has 2 aliphatic carbocycles. The Kier molecular flexibility index (Phi) is 11.7. The average molecular weight is 574 g/mol. The molecular formula is C26H46F3NO7S. The molecular weight excluding hydrogens is 527 g/mol. The molecule has 8 nitrogen and oxygen atoms in total. The third-order valence-corrected chi connectivity index (χ3v) is 8.77. The first kappa shape index (κ1) is 34.6. The van der Waals surface area contributed by atoms with E-state index in [1.165, 1.54) is 0 Å². The second kappa shape index (κ2) is 12.8. The van der Waals surface area contributed by atoms with Crippen LogP contribution in [0.1, 0.15) is 87.0 Å². The highest BCUT2D eigenvalue weighted by Crippen LogP contribution is 2.53. The fraction of sp³-hybridized carbons (Fsp3) is 0.923. The number of nitrogens with one attached hydrogen (secondary N) is 1. The van der Waals surface area contributed by atoms with Gasteiger partial charge in [-0.2, -0.15) is 13.2 Å². The summed E-state index contributed by atoms with van der Waals surface area (Å²) >= 11 is 0. The molecule has 0 heterocycles. The van der Waals surface area contributed by atoms with E-state index in [0.29, 0.717) is 25.7 Å². The molecule has 0 radical (unpaired) electrons. The smallest absolute Gasteiger partial charge is 0.416 e. The van der Waals surface area contributed by atoms with Gasteiger partial charge in [-0.3, -0.25) is 9.59 Å². The average Bonchev–Trinajstić information content (AvgIpc) is 3.35. The monoisotopic (exact) mass is 573 g/mol. The summed E-state index contributed by atoms with van der Waals surface area (Å²) in [5.41, 5.74) is -3.68. The number of hydrogen-bond donors (Lipinski definition) is 2. The number of sulfonamides is 1. The predicted molar refractivity (Wildman–Crippen MR) is 137 cm³/mol. The Balaban J connectivity index is 0.000000420. The highest BCUT2D eigenvalue weighted by molar-refractivity contribution is 7.88. The Morgan fingerprint density at radius 3 is 1.87 bits per heavy atom. The molecule has 0 saturated heterocycles. The summed E-state index contributed by atoms with van der Waals surface area (Å²) in [6.07, 6.45) is -0.602. The second-order valence-corrected chi connectivity index (χ2v) is 14.0. The summed E-state index contributed by atoms with van der Waals surface area (Å²) in [6, 6.07) is 0. The lowest BCUT2D eigenvalue weighted by atomic mass is 9.79. The van der Waals surface area contributed by atoms with Crippen LogP contribution in [0.15, 0.2) is 0 Å². The van der Waals surface area contributed by atoms with Gasteiger partial charge in [-0.1, -0.05) is 13.8 Å². The lowest BCUT2D eigenvalue weighted by Gasteiger charge is -2.35. The molecule has 0 aromatic rings. The molecule has 0 amide bonds. The minimum Gasteiger partial charge on any atom is -0.464 e. The third kappa shape index (κ3) is 9.97. The van der Waals surface area contributed by atoms with Crippen LogP contribution in [-0.4, -0.2) is 62.8 Å². The normalized spacial score (nSPS) is 25.3. The van der Waals surface area contributed by atoms with Crippen molar-refractivity contribution in [2.45, 2.75) is 105 Å². The fourth-order valence-corrected chi connectivity index (χ4v) is 4.97. The maximum absolute atomic E-state index is 12.8. The topological polar surface area (TPSA) is 119 Å². The summed E-state index contributed by atoms with van der Waals surface area (Å²) in [5, 5.41) is 9.68. The van der Waals surface area contributed by atoms with E-state index >= 15 is 0 Å². The number of ether oxygens (including phenoxy) is 2. The highest BCUT2D eigenvalue weighted by Gasteiger charge is 2.55. The molecule has 12 heteroatoms. The Morgan fingerprint density at radius 2 is 1.45 bits per heavy atom. The second-order valence-electron chi connectivity index (χ2n) is 12.2. The Morgan fingerprint density at radius 1 is 0.921 bits per heavy atom. The quantitative estimate of drug-likeness (QED) is 0.274. The third-order valence-electron chi connectivity index (χ3n) is 8.04. The number of alkyl halides is 3. The zero-order valence-corrected chi connectivity index (χ0v) is 24.7. The summed E-state index contributed by atoms with van der Waals surface area (Å²) in [7, 11) is -3.20. The van der Waals surface area contributed by atoms with Crippen molar-refractivity contribution in [2.75, 3.05) is 19.4 Å². The van der Waals surface area contributed by atoms with E-state index in [2.05, 4.69) is 4.72 Å². The van der Waals surface area contributed by atoms with Gasteiger partial charge in [-0.05, 0) is 90.9 Å². The van der Waals surface area contributed by atoms with Crippen LogP contribution >= 0.6 is 0 Å².